The molecule has 0 aromatic rings. The van der Waals surface area contributed by atoms with Gasteiger partial charge in [-0.1, -0.05) is 20.8 Å². The molecule has 0 fully saturated rings. The molecule has 1 unspecified atom stereocenters. The Balaban J connectivity index is 3.68. The highest BCUT2D eigenvalue weighted by Gasteiger charge is 2.15. The number of rotatable bonds is 3. The zero-order chi connectivity index (χ0) is 8.36. The van der Waals surface area contributed by atoms with Gasteiger partial charge in [0.05, 0.1) is 27.7 Å². The van der Waals surface area contributed by atoms with Crippen molar-refractivity contribution < 1.29 is 4.48 Å². The largest absolute Gasteiger partial charge is 0.331 e. The second kappa shape index (κ2) is 3.38. The molecule has 62 valence electrons. The zero-order valence-electron chi connectivity index (χ0n) is 8.31. The Bertz CT molecular complexity index is 89.4. The van der Waals surface area contributed by atoms with E-state index < -0.39 is 0 Å². The van der Waals surface area contributed by atoms with Gasteiger partial charge in [0.2, 0.25) is 0 Å². The summed E-state index contributed by atoms with van der Waals surface area (Å²) in [6, 6.07) is 0. The molecule has 0 radical (unpaired) electrons. The fraction of sp³-hybridized carbons (Fsp3) is 1.00. The molecule has 0 bridgehead atoms. The van der Waals surface area contributed by atoms with Crippen LogP contribution in [0, 0.1) is 11.8 Å². The molecule has 0 saturated heterocycles. The van der Waals surface area contributed by atoms with E-state index >= 15 is 0 Å². The van der Waals surface area contributed by atoms with Crippen LogP contribution in [0.1, 0.15) is 20.8 Å². The third kappa shape index (κ3) is 4.80. The average Bonchev–Trinajstić information content (AvgIpc) is 1.60. The molecule has 0 aromatic carbocycles. The minimum Gasteiger partial charge on any atom is -0.331 e. The van der Waals surface area contributed by atoms with Gasteiger partial charge in [-0.05, 0) is 5.92 Å². The van der Waals surface area contributed by atoms with Crippen molar-refractivity contribution >= 4 is 0 Å². The summed E-state index contributed by atoms with van der Waals surface area (Å²) in [4.78, 5) is 0. The van der Waals surface area contributed by atoms with Crippen molar-refractivity contribution in [2.45, 2.75) is 20.8 Å². The van der Waals surface area contributed by atoms with Crippen molar-refractivity contribution in [1.29, 1.82) is 0 Å². The molecular formula is C9H22N+. The molecule has 0 aliphatic rings. The first kappa shape index (κ1) is 9.96. The summed E-state index contributed by atoms with van der Waals surface area (Å²) in [7, 11) is 6.75. The number of nitrogens with zero attached hydrogens (tertiary/aromatic N) is 1. The van der Waals surface area contributed by atoms with Crippen molar-refractivity contribution in [3.05, 3.63) is 0 Å². The maximum atomic E-state index is 2.33. The fourth-order valence-corrected chi connectivity index (χ4v) is 1.07. The van der Waals surface area contributed by atoms with E-state index in [0.29, 0.717) is 0 Å². The van der Waals surface area contributed by atoms with Crippen LogP contribution in [-0.2, 0) is 0 Å². The molecule has 1 nitrogen and oxygen atoms in total. The first-order valence-electron chi connectivity index (χ1n) is 4.13. The number of hydrogen-bond acceptors (Lipinski definition) is 0. The first-order valence-corrected chi connectivity index (χ1v) is 4.13. The lowest BCUT2D eigenvalue weighted by atomic mass is 9.97. The molecule has 0 heterocycles. The summed E-state index contributed by atoms with van der Waals surface area (Å²) in [6.45, 7) is 8.19. The number of hydrogen-bond donors (Lipinski definition) is 0. The van der Waals surface area contributed by atoms with Gasteiger partial charge in [-0.3, -0.25) is 0 Å². The Hall–Kier alpha value is -0.0400. The lowest BCUT2D eigenvalue weighted by molar-refractivity contribution is -0.874. The Labute approximate surface area is 65.6 Å². The molecule has 0 rings (SSSR count). The smallest absolute Gasteiger partial charge is 0.0808 e. The third-order valence-corrected chi connectivity index (χ3v) is 1.97. The quantitative estimate of drug-likeness (QED) is 0.531. The van der Waals surface area contributed by atoms with E-state index in [1.807, 2.05) is 0 Å². The second-order valence-electron chi connectivity index (χ2n) is 4.69. The Morgan fingerprint density at radius 2 is 1.40 bits per heavy atom. The van der Waals surface area contributed by atoms with Gasteiger partial charge in [-0.2, -0.15) is 0 Å². The van der Waals surface area contributed by atoms with Crippen LogP contribution in [0.5, 0.6) is 0 Å². The predicted octanol–water partition coefficient (Wildman–Crippen LogP) is 1.98. The lowest BCUT2D eigenvalue weighted by Gasteiger charge is -2.29. The van der Waals surface area contributed by atoms with Crippen molar-refractivity contribution in [3.8, 4) is 0 Å². The standard InChI is InChI=1S/C9H22N/c1-8(2)9(3)7-10(4,5)6/h8-9H,7H2,1-6H3/q+1. The maximum Gasteiger partial charge on any atom is 0.0808 e. The van der Waals surface area contributed by atoms with Crippen molar-refractivity contribution in [2.75, 3.05) is 27.7 Å². The molecule has 10 heavy (non-hydrogen) atoms. The van der Waals surface area contributed by atoms with Gasteiger partial charge in [0.25, 0.3) is 0 Å². The van der Waals surface area contributed by atoms with Crippen molar-refractivity contribution in [1.82, 2.24) is 0 Å². The minimum absolute atomic E-state index is 0.817. The van der Waals surface area contributed by atoms with E-state index in [2.05, 4.69) is 41.9 Å². The van der Waals surface area contributed by atoms with Crippen LogP contribution in [-0.4, -0.2) is 32.2 Å². The van der Waals surface area contributed by atoms with Gasteiger partial charge in [0.1, 0.15) is 0 Å². The van der Waals surface area contributed by atoms with E-state index in [1.165, 1.54) is 6.54 Å². The fourth-order valence-electron chi connectivity index (χ4n) is 1.07. The number of quaternary nitrogens is 1. The Morgan fingerprint density at radius 1 is 1.00 bits per heavy atom. The molecule has 1 atom stereocenters. The molecule has 0 saturated carbocycles. The summed E-state index contributed by atoms with van der Waals surface area (Å²) in [6.07, 6.45) is 0. The second-order valence-corrected chi connectivity index (χ2v) is 4.69. The molecule has 0 aliphatic heterocycles. The van der Waals surface area contributed by atoms with Gasteiger partial charge in [0, 0.05) is 5.92 Å². The third-order valence-electron chi connectivity index (χ3n) is 1.97. The van der Waals surface area contributed by atoms with Gasteiger partial charge < -0.3 is 4.48 Å². The SMILES string of the molecule is CC(C)C(C)C[N+](C)(C)C. The normalized spacial score (nSPS) is 15.9. The van der Waals surface area contributed by atoms with E-state index in [1.54, 1.807) is 0 Å². The summed E-state index contributed by atoms with van der Waals surface area (Å²) in [5.41, 5.74) is 0. The lowest BCUT2D eigenvalue weighted by Crippen LogP contribution is -2.39. The highest BCUT2D eigenvalue weighted by atomic mass is 15.3. The van der Waals surface area contributed by atoms with E-state index in [9.17, 15) is 0 Å². The highest BCUT2D eigenvalue weighted by Crippen LogP contribution is 2.12. The van der Waals surface area contributed by atoms with Crippen LogP contribution in [0.3, 0.4) is 0 Å². The van der Waals surface area contributed by atoms with Crippen molar-refractivity contribution in [2.24, 2.45) is 11.8 Å². The van der Waals surface area contributed by atoms with E-state index in [4.69, 9.17) is 0 Å². The zero-order valence-corrected chi connectivity index (χ0v) is 8.31. The van der Waals surface area contributed by atoms with Crippen LogP contribution < -0.4 is 0 Å². The van der Waals surface area contributed by atoms with Crippen LogP contribution in [0.4, 0.5) is 0 Å². The molecule has 0 aliphatic carbocycles. The topological polar surface area (TPSA) is 0 Å². The molecule has 0 spiro atoms. The molecule has 0 amide bonds. The average molecular weight is 144 g/mol. The Kier molecular flexibility index (Phi) is 3.37. The van der Waals surface area contributed by atoms with Crippen LogP contribution in [0.25, 0.3) is 0 Å². The van der Waals surface area contributed by atoms with Crippen molar-refractivity contribution in [3.63, 3.8) is 0 Å². The van der Waals surface area contributed by atoms with E-state index in [-0.39, 0.29) is 0 Å². The molecule has 0 N–H and O–H groups in total. The van der Waals surface area contributed by atoms with Gasteiger partial charge >= 0.3 is 0 Å². The first-order chi connectivity index (χ1) is 4.33. The summed E-state index contributed by atoms with van der Waals surface area (Å²) in [5, 5.41) is 0. The summed E-state index contributed by atoms with van der Waals surface area (Å²) >= 11 is 0. The molecule has 0 aromatic heterocycles. The minimum atomic E-state index is 0.817. The summed E-state index contributed by atoms with van der Waals surface area (Å²) in [5.74, 6) is 1.65. The van der Waals surface area contributed by atoms with Gasteiger partial charge in [-0.25, -0.2) is 0 Å². The van der Waals surface area contributed by atoms with Gasteiger partial charge in [0.15, 0.2) is 0 Å². The summed E-state index contributed by atoms with van der Waals surface area (Å²) < 4.78 is 1.08. The molecular weight excluding hydrogens is 122 g/mol. The predicted molar refractivity (Wildman–Crippen MR) is 46.9 cm³/mol. The monoisotopic (exact) mass is 144 g/mol. The molecule has 1 heteroatoms. The highest BCUT2D eigenvalue weighted by molar-refractivity contribution is 4.54. The van der Waals surface area contributed by atoms with Crippen LogP contribution in [0.15, 0.2) is 0 Å². The van der Waals surface area contributed by atoms with E-state index in [0.717, 1.165) is 16.3 Å². The van der Waals surface area contributed by atoms with Crippen LogP contribution >= 0.6 is 0 Å². The van der Waals surface area contributed by atoms with Crippen LogP contribution in [0.2, 0.25) is 0 Å². The van der Waals surface area contributed by atoms with Gasteiger partial charge in [-0.15, -0.1) is 0 Å². The Morgan fingerprint density at radius 3 is 1.50 bits per heavy atom. The maximum absolute atomic E-state index is 2.33.